The Morgan fingerprint density at radius 2 is 1.93 bits per heavy atom. The molecule has 28 heavy (non-hydrogen) atoms. The van der Waals surface area contributed by atoms with Gasteiger partial charge in [-0.3, -0.25) is 4.79 Å². The van der Waals surface area contributed by atoms with Crippen LogP contribution < -0.4 is 10.1 Å². The van der Waals surface area contributed by atoms with Crippen molar-refractivity contribution in [2.45, 2.75) is 57.8 Å². The molecule has 0 aliphatic heterocycles. The molecular weight excluding hydrogens is 376 g/mol. The highest BCUT2D eigenvalue weighted by atomic mass is 32.2. The Bertz CT molecular complexity index is 805. The van der Waals surface area contributed by atoms with Crippen molar-refractivity contribution in [1.82, 2.24) is 4.31 Å². The predicted molar refractivity (Wildman–Crippen MR) is 110 cm³/mol. The van der Waals surface area contributed by atoms with E-state index < -0.39 is 10.0 Å². The molecule has 3 atom stereocenters. The van der Waals surface area contributed by atoms with E-state index in [2.05, 4.69) is 5.32 Å². The van der Waals surface area contributed by atoms with Crippen molar-refractivity contribution in [3.05, 3.63) is 18.2 Å². The average molecular weight is 409 g/mol. The van der Waals surface area contributed by atoms with E-state index in [9.17, 15) is 13.2 Å². The number of nitrogens with zero attached hydrogens (tertiary/aromatic N) is 1. The van der Waals surface area contributed by atoms with Crippen LogP contribution in [0.15, 0.2) is 23.1 Å². The van der Waals surface area contributed by atoms with Crippen LogP contribution in [0.3, 0.4) is 0 Å². The van der Waals surface area contributed by atoms with E-state index in [4.69, 9.17) is 4.74 Å². The van der Waals surface area contributed by atoms with Crippen LogP contribution in [0.25, 0.3) is 0 Å². The summed E-state index contributed by atoms with van der Waals surface area (Å²) in [6, 6.07) is 4.70. The van der Waals surface area contributed by atoms with E-state index >= 15 is 0 Å². The van der Waals surface area contributed by atoms with Gasteiger partial charge in [-0.1, -0.05) is 20.3 Å². The number of benzene rings is 1. The minimum atomic E-state index is -3.59. The Hall–Kier alpha value is -1.60. The molecule has 0 radical (unpaired) electrons. The third-order valence-electron chi connectivity index (χ3n) is 6.20. The van der Waals surface area contributed by atoms with Crippen molar-refractivity contribution in [1.29, 1.82) is 0 Å². The van der Waals surface area contributed by atoms with E-state index in [1.807, 2.05) is 20.8 Å². The number of carbonyl (C=O) groups is 1. The molecule has 2 aliphatic rings. The number of hydrogen-bond donors (Lipinski definition) is 1. The van der Waals surface area contributed by atoms with Gasteiger partial charge in [0.05, 0.1) is 17.2 Å². The lowest BCUT2D eigenvalue weighted by Gasteiger charge is -2.22. The molecule has 0 spiro atoms. The monoisotopic (exact) mass is 408 g/mol. The number of nitrogens with one attached hydrogen (secondary N) is 1. The maximum absolute atomic E-state index is 12.8. The molecule has 3 rings (SSSR count). The van der Waals surface area contributed by atoms with Gasteiger partial charge in [0.15, 0.2) is 0 Å². The summed E-state index contributed by atoms with van der Waals surface area (Å²) in [4.78, 5) is 12.9. The molecule has 0 unspecified atom stereocenters. The molecule has 2 aliphatic carbocycles. The van der Waals surface area contributed by atoms with Crippen LogP contribution in [0.1, 0.15) is 52.9 Å². The van der Waals surface area contributed by atoms with Gasteiger partial charge in [0.1, 0.15) is 5.75 Å². The molecule has 7 heteroatoms. The molecule has 2 bridgehead atoms. The summed E-state index contributed by atoms with van der Waals surface area (Å²) in [5.74, 6) is 2.37. The zero-order chi connectivity index (χ0) is 20.3. The first-order chi connectivity index (χ1) is 13.4. The highest BCUT2D eigenvalue weighted by molar-refractivity contribution is 7.89. The lowest BCUT2D eigenvalue weighted by atomic mass is 9.86. The zero-order valence-corrected chi connectivity index (χ0v) is 17.9. The fourth-order valence-corrected chi connectivity index (χ4v) is 6.31. The number of fused-ring (bicyclic) bond motifs is 2. The van der Waals surface area contributed by atoms with Crippen molar-refractivity contribution in [3.63, 3.8) is 0 Å². The third kappa shape index (κ3) is 4.35. The van der Waals surface area contributed by atoms with E-state index in [0.29, 0.717) is 49.4 Å². The molecule has 0 saturated heterocycles. The minimum absolute atomic E-state index is 0.0594. The molecule has 1 aromatic carbocycles. The average Bonchev–Trinajstić information content (AvgIpc) is 3.27. The zero-order valence-electron chi connectivity index (χ0n) is 17.1. The van der Waals surface area contributed by atoms with E-state index in [1.165, 1.54) is 29.6 Å². The summed E-state index contributed by atoms with van der Waals surface area (Å²) >= 11 is 0. The van der Waals surface area contributed by atoms with Crippen molar-refractivity contribution < 1.29 is 17.9 Å². The van der Waals surface area contributed by atoms with E-state index in [1.54, 1.807) is 12.1 Å². The Morgan fingerprint density at radius 3 is 2.50 bits per heavy atom. The van der Waals surface area contributed by atoms with Crippen molar-refractivity contribution in [2.24, 2.45) is 17.8 Å². The molecule has 2 saturated carbocycles. The van der Waals surface area contributed by atoms with Crippen LogP contribution in [0, 0.1) is 17.8 Å². The summed E-state index contributed by atoms with van der Waals surface area (Å²) in [5.41, 5.74) is 0.434. The van der Waals surface area contributed by atoms with Crippen LogP contribution >= 0.6 is 0 Å². The Morgan fingerprint density at radius 1 is 1.18 bits per heavy atom. The number of hydrogen-bond acceptors (Lipinski definition) is 4. The number of sulfonamides is 1. The summed E-state index contributed by atoms with van der Waals surface area (Å²) in [5, 5.41) is 2.92. The van der Waals surface area contributed by atoms with Crippen LogP contribution in [0.5, 0.6) is 5.75 Å². The molecule has 6 nitrogen and oxygen atoms in total. The predicted octanol–water partition coefficient (Wildman–Crippen LogP) is 3.88. The van der Waals surface area contributed by atoms with E-state index in [-0.39, 0.29) is 10.8 Å². The minimum Gasteiger partial charge on any atom is -0.492 e. The summed E-state index contributed by atoms with van der Waals surface area (Å²) in [6.07, 6.45) is 5.46. The SMILES string of the molecule is CCOc1ccc(S(=O)(=O)N(CC)CC)cc1NC(=O)C[C@H]1C[C@H]2CC[C@@H]1C2. The molecule has 1 amide bonds. The smallest absolute Gasteiger partial charge is 0.243 e. The van der Waals surface area contributed by atoms with Crippen molar-refractivity contribution in [3.8, 4) is 5.75 Å². The molecule has 1 N–H and O–H groups in total. The first kappa shape index (κ1) is 21.1. The van der Waals surface area contributed by atoms with Crippen molar-refractivity contribution >= 4 is 21.6 Å². The summed E-state index contributed by atoms with van der Waals surface area (Å²) in [7, 11) is -3.59. The van der Waals surface area contributed by atoms with Crippen LogP contribution in [0.4, 0.5) is 5.69 Å². The van der Waals surface area contributed by atoms with Gasteiger partial charge in [-0.2, -0.15) is 4.31 Å². The summed E-state index contributed by atoms with van der Waals surface area (Å²) < 4.78 is 32.7. The number of rotatable bonds is 9. The standard InChI is InChI=1S/C21H32N2O4S/c1-4-23(5-2)28(25,26)18-9-10-20(27-6-3)19(14-18)22-21(24)13-17-12-15-7-8-16(17)11-15/h9-10,14-17H,4-8,11-13H2,1-3H3,(H,22,24)/t15-,16+,17+/m0/s1. The van der Waals surface area contributed by atoms with Gasteiger partial charge in [-0.25, -0.2) is 8.42 Å². The highest BCUT2D eigenvalue weighted by Gasteiger charge is 2.40. The number of carbonyl (C=O) groups excluding carboxylic acids is 1. The second kappa shape index (κ2) is 8.82. The third-order valence-corrected chi connectivity index (χ3v) is 8.25. The van der Waals surface area contributed by atoms with Gasteiger partial charge >= 0.3 is 0 Å². The lowest BCUT2D eigenvalue weighted by Crippen LogP contribution is -2.30. The largest absolute Gasteiger partial charge is 0.492 e. The molecule has 156 valence electrons. The van der Waals surface area contributed by atoms with Gasteiger partial charge in [-0.05, 0) is 62.1 Å². The quantitative estimate of drug-likeness (QED) is 0.673. The molecule has 1 aromatic rings. The number of amides is 1. The maximum atomic E-state index is 12.8. The summed E-state index contributed by atoms with van der Waals surface area (Å²) in [6.45, 7) is 6.73. The Kier molecular flexibility index (Phi) is 6.65. The maximum Gasteiger partial charge on any atom is 0.243 e. The van der Waals surface area contributed by atoms with Crippen LogP contribution in [-0.2, 0) is 14.8 Å². The lowest BCUT2D eigenvalue weighted by molar-refractivity contribution is -0.117. The van der Waals surface area contributed by atoms with Gasteiger partial charge in [0, 0.05) is 19.5 Å². The fraction of sp³-hybridized carbons (Fsp3) is 0.667. The first-order valence-electron chi connectivity index (χ1n) is 10.5. The Balaban J connectivity index is 1.78. The van der Waals surface area contributed by atoms with Crippen LogP contribution in [-0.4, -0.2) is 38.3 Å². The Labute approximate surface area is 168 Å². The normalized spacial score (nSPS) is 23.9. The molecule has 0 heterocycles. The van der Waals surface area contributed by atoms with Gasteiger partial charge < -0.3 is 10.1 Å². The van der Waals surface area contributed by atoms with Gasteiger partial charge in [0.2, 0.25) is 15.9 Å². The topological polar surface area (TPSA) is 75.7 Å². The van der Waals surface area contributed by atoms with Crippen LogP contribution in [0.2, 0.25) is 0 Å². The van der Waals surface area contributed by atoms with Gasteiger partial charge in [0.25, 0.3) is 0 Å². The van der Waals surface area contributed by atoms with Gasteiger partial charge in [-0.15, -0.1) is 0 Å². The van der Waals surface area contributed by atoms with E-state index in [0.717, 1.165) is 12.3 Å². The second-order valence-corrected chi connectivity index (χ2v) is 9.81. The fourth-order valence-electron chi connectivity index (χ4n) is 4.83. The number of ether oxygens (including phenoxy) is 1. The van der Waals surface area contributed by atoms with Crippen molar-refractivity contribution in [2.75, 3.05) is 25.0 Å². The number of anilines is 1. The molecule has 2 fully saturated rings. The second-order valence-electron chi connectivity index (χ2n) is 7.87. The highest BCUT2D eigenvalue weighted by Crippen LogP contribution is 2.49. The molecular formula is C21H32N2O4S. The first-order valence-corrected chi connectivity index (χ1v) is 11.9. The molecule has 0 aromatic heterocycles.